The first-order valence-corrected chi connectivity index (χ1v) is 25.3. The number of rotatable bonds is 12. The number of aromatic nitrogens is 8. The highest BCUT2D eigenvalue weighted by molar-refractivity contribution is 6.17. The van der Waals surface area contributed by atoms with Gasteiger partial charge in [-0.2, -0.15) is 36.5 Å². The van der Waals surface area contributed by atoms with E-state index in [0.29, 0.717) is 64.0 Å². The lowest BCUT2D eigenvalue weighted by Crippen LogP contribution is -2.37. The maximum Gasteiger partial charge on any atom is 0.408 e. The summed E-state index contributed by atoms with van der Waals surface area (Å²) in [4.78, 5) is 39.6. The quantitative estimate of drug-likeness (QED) is 0.113. The van der Waals surface area contributed by atoms with Crippen LogP contribution in [0.2, 0.25) is 0 Å². The number of hydrogen-bond acceptors (Lipinski definition) is 18. The number of hydrogen-bond donors (Lipinski definition) is 2. The number of ether oxygens (including phenoxy) is 2. The molecule has 20 nitrogen and oxygen atoms in total. The van der Waals surface area contributed by atoms with Crippen molar-refractivity contribution in [3.8, 4) is 22.9 Å². The van der Waals surface area contributed by atoms with Gasteiger partial charge in [-0.3, -0.25) is 28.9 Å². The lowest BCUT2D eigenvalue weighted by molar-refractivity contribution is -0.143. The summed E-state index contributed by atoms with van der Waals surface area (Å²) in [5.41, 5.74) is 6.86. The Balaban J connectivity index is 0.000000169. The van der Waals surface area contributed by atoms with E-state index in [1.54, 1.807) is 0 Å². The van der Waals surface area contributed by atoms with Crippen molar-refractivity contribution in [3.05, 3.63) is 155 Å². The molecule has 8 aromatic rings. The van der Waals surface area contributed by atoms with Crippen LogP contribution in [0.1, 0.15) is 33.4 Å². The van der Waals surface area contributed by atoms with Crippen molar-refractivity contribution in [2.75, 3.05) is 73.0 Å². The van der Waals surface area contributed by atoms with Crippen LogP contribution in [0.15, 0.2) is 140 Å². The lowest BCUT2D eigenvalue weighted by atomic mass is 9.96. The molecule has 0 spiro atoms. The maximum absolute atomic E-state index is 13.2. The van der Waals surface area contributed by atoms with Crippen LogP contribution < -0.4 is 20.4 Å². The second-order valence-electron chi connectivity index (χ2n) is 18.8. The Kier molecular flexibility index (Phi) is 15.1. The van der Waals surface area contributed by atoms with E-state index in [9.17, 15) is 35.9 Å². The summed E-state index contributed by atoms with van der Waals surface area (Å²) in [5.74, 6) is 0.0968. The van der Waals surface area contributed by atoms with E-state index in [0.717, 1.165) is 42.7 Å². The molecule has 0 aliphatic carbocycles. The predicted octanol–water partition coefficient (Wildman–Crippen LogP) is 7.47. The van der Waals surface area contributed by atoms with Crippen LogP contribution in [-0.2, 0) is 45.0 Å². The highest BCUT2D eigenvalue weighted by atomic mass is 19.4. The minimum Gasteiger partial charge on any atom is -0.403 e. The molecule has 412 valence electrons. The number of Topliss-reactive ketones (excluding diaryl/α,β-unsaturated/α-hetero) is 2. The van der Waals surface area contributed by atoms with Crippen molar-refractivity contribution in [2.24, 2.45) is 9.98 Å². The molecule has 2 saturated heterocycles. The number of carbonyl (C=O) groups excluding carboxylic acids is 2. The molecule has 80 heavy (non-hydrogen) atoms. The number of carbonyl (C=O) groups is 2. The number of aliphatic imine (C=N–C) groups is 2. The number of alkyl halides is 6. The molecule has 2 fully saturated rings. The minimum absolute atomic E-state index is 0.0333. The summed E-state index contributed by atoms with van der Waals surface area (Å²) < 4.78 is 103. The normalized spacial score (nSPS) is 17.8. The molecule has 0 saturated carbocycles. The average molecular weight is 1100 g/mol. The van der Waals surface area contributed by atoms with Crippen LogP contribution >= 0.6 is 0 Å². The van der Waals surface area contributed by atoms with E-state index in [1.807, 2.05) is 119 Å². The largest absolute Gasteiger partial charge is 0.408 e. The Morgan fingerprint density at radius 3 is 1.25 bits per heavy atom. The van der Waals surface area contributed by atoms with Crippen LogP contribution in [0.3, 0.4) is 0 Å². The first kappa shape index (κ1) is 53.0. The van der Waals surface area contributed by atoms with E-state index < -0.39 is 37.8 Å². The lowest BCUT2D eigenvalue weighted by Gasteiger charge is -2.27. The molecule has 4 aliphatic rings. The van der Waals surface area contributed by atoms with Crippen LogP contribution in [0.25, 0.3) is 22.9 Å². The Labute approximate surface area is 451 Å². The highest BCUT2D eigenvalue weighted by Gasteiger charge is 2.35. The van der Waals surface area contributed by atoms with Gasteiger partial charge in [0.25, 0.3) is 11.8 Å². The summed E-state index contributed by atoms with van der Waals surface area (Å²) in [6, 6.07) is 34.0. The molecule has 0 unspecified atom stereocenters. The van der Waals surface area contributed by atoms with Crippen LogP contribution in [-0.4, -0.2) is 140 Å². The SMILES string of the molecule is O=C1Cc2ccccc2C(c2ccccc2)=N[C@@H]1Nc1nnc(-c2cn(CC(F)(F)F)nc2N2CCOCC2)o1.O=C1Cc2ccccc2C(c2ccccc2)=N[C@H]1Nc1nnc(-c2cn(CC(F)(F)F)nc2N2CCOCC2)o1. The number of benzene rings is 4. The molecule has 12 rings (SSSR count). The van der Waals surface area contributed by atoms with Gasteiger partial charge in [0.2, 0.25) is 0 Å². The van der Waals surface area contributed by atoms with Gasteiger partial charge in [-0.25, -0.2) is 0 Å². The molecule has 0 radical (unpaired) electrons. The van der Waals surface area contributed by atoms with E-state index >= 15 is 0 Å². The number of nitrogens with one attached hydrogen (secondary N) is 2. The number of nitrogens with zero attached hydrogens (tertiary/aromatic N) is 12. The Morgan fingerprint density at radius 1 is 0.487 bits per heavy atom. The third-order valence-corrected chi connectivity index (χ3v) is 13.1. The minimum atomic E-state index is -4.46. The van der Waals surface area contributed by atoms with E-state index in [-0.39, 0.29) is 71.0 Å². The smallest absolute Gasteiger partial charge is 0.403 e. The van der Waals surface area contributed by atoms with E-state index in [2.05, 4.69) is 41.2 Å². The van der Waals surface area contributed by atoms with Gasteiger partial charge in [0, 0.05) is 73.7 Å². The van der Waals surface area contributed by atoms with Gasteiger partial charge in [-0.1, -0.05) is 119 Å². The van der Waals surface area contributed by atoms with Gasteiger partial charge >= 0.3 is 24.4 Å². The third-order valence-electron chi connectivity index (χ3n) is 13.1. The molecule has 2 N–H and O–H groups in total. The van der Waals surface area contributed by atoms with Crippen molar-refractivity contribution in [1.82, 2.24) is 40.0 Å². The fourth-order valence-electron chi connectivity index (χ4n) is 9.48. The molecule has 4 aromatic carbocycles. The molecule has 0 amide bonds. The van der Waals surface area contributed by atoms with Crippen LogP contribution in [0.5, 0.6) is 0 Å². The summed E-state index contributed by atoms with van der Waals surface area (Å²) in [7, 11) is 0. The highest BCUT2D eigenvalue weighted by Crippen LogP contribution is 2.35. The van der Waals surface area contributed by atoms with Crippen LogP contribution in [0, 0.1) is 0 Å². The first-order valence-electron chi connectivity index (χ1n) is 25.3. The van der Waals surface area contributed by atoms with Crippen molar-refractivity contribution in [3.63, 3.8) is 0 Å². The second kappa shape index (κ2) is 22.7. The van der Waals surface area contributed by atoms with Gasteiger partial charge in [-0.15, -0.1) is 10.2 Å². The zero-order valence-electron chi connectivity index (χ0n) is 42.3. The number of morpholine rings is 2. The van der Waals surface area contributed by atoms with Gasteiger partial charge in [0.15, 0.2) is 35.5 Å². The fourth-order valence-corrected chi connectivity index (χ4v) is 9.48. The molecule has 0 bridgehead atoms. The van der Waals surface area contributed by atoms with Gasteiger partial charge < -0.3 is 38.7 Å². The number of anilines is 4. The number of ketones is 2. The third kappa shape index (κ3) is 12.3. The summed E-state index contributed by atoms with van der Waals surface area (Å²) in [6.07, 6.45) is -8.23. The molecule has 8 heterocycles. The van der Waals surface area contributed by atoms with Gasteiger partial charge in [-0.05, 0) is 11.1 Å². The van der Waals surface area contributed by atoms with Crippen molar-refractivity contribution < 1.29 is 54.2 Å². The second-order valence-corrected chi connectivity index (χ2v) is 18.8. The standard InChI is InChI=1S/2C27H24F3N7O3/c2*28-27(29,30)16-37-15-20(24(35-37)36-10-12-39-13-11-36)25-33-34-26(40-25)32-23-21(38)14-18-8-4-5-9-19(18)22(31-23)17-6-2-1-3-7-17/h2*1-9,15,23H,10-14,16H2,(H,32,34)/t2*23-/m10/s1. The molecular formula is C54H48F6N14O6. The van der Waals surface area contributed by atoms with E-state index in [4.69, 9.17) is 28.3 Å². The molecule has 4 aliphatic heterocycles. The van der Waals surface area contributed by atoms with Gasteiger partial charge in [0.1, 0.15) is 24.2 Å². The molecule has 4 aromatic heterocycles. The van der Waals surface area contributed by atoms with E-state index in [1.165, 1.54) is 12.4 Å². The summed E-state index contributed by atoms with van der Waals surface area (Å²) in [6.45, 7) is 0.910. The first-order chi connectivity index (χ1) is 38.7. The van der Waals surface area contributed by atoms with Crippen LogP contribution in [0.4, 0.5) is 50.0 Å². The average Bonchev–Trinajstić information content (AvgIpc) is 4.30. The van der Waals surface area contributed by atoms with Crippen molar-refractivity contribution in [1.29, 1.82) is 0 Å². The Bertz CT molecular complexity index is 3320. The van der Waals surface area contributed by atoms with Gasteiger partial charge in [0.05, 0.1) is 37.9 Å². The van der Waals surface area contributed by atoms with Crippen molar-refractivity contribution in [2.45, 2.75) is 50.6 Å². The Hall–Kier alpha value is -9.04. The monoisotopic (exact) mass is 1100 g/mol. The summed E-state index contributed by atoms with van der Waals surface area (Å²) in [5, 5.41) is 30.3. The number of halogens is 6. The fraction of sp³-hybridized carbons (Fsp3) is 0.296. The zero-order chi connectivity index (χ0) is 55.4. The zero-order valence-corrected chi connectivity index (χ0v) is 42.3. The predicted molar refractivity (Wildman–Crippen MR) is 279 cm³/mol. The maximum atomic E-state index is 13.2. The molecule has 2 atom stereocenters. The molecule has 26 heteroatoms. The topological polar surface area (TPSA) is 221 Å². The van der Waals surface area contributed by atoms with Crippen molar-refractivity contribution >= 4 is 46.7 Å². The number of fused-ring (bicyclic) bond motifs is 2. The molecular weight excluding hydrogens is 1050 g/mol. The Morgan fingerprint density at radius 2 is 0.863 bits per heavy atom. The summed E-state index contributed by atoms with van der Waals surface area (Å²) >= 11 is 0.